The summed E-state index contributed by atoms with van der Waals surface area (Å²) in [6.07, 6.45) is 16.9. The lowest BCUT2D eigenvalue weighted by Crippen LogP contribution is -2.26. The van der Waals surface area contributed by atoms with Crippen molar-refractivity contribution in [3.63, 3.8) is 0 Å². The Morgan fingerprint density at radius 3 is 1.76 bits per heavy atom. The van der Waals surface area contributed by atoms with Crippen molar-refractivity contribution in [1.82, 2.24) is 0 Å². The van der Waals surface area contributed by atoms with Crippen LogP contribution in [0, 0.1) is 5.92 Å². The molecule has 0 aliphatic heterocycles. The van der Waals surface area contributed by atoms with Gasteiger partial charge in [0.2, 0.25) is 0 Å². The molecule has 0 saturated heterocycles. The smallest absolute Gasteiger partial charge is 0.0175 e. The molecule has 2 atom stereocenters. The van der Waals surface area contributed by atoms with Crippen LogP contribution in [0.5, 0.6) is 0 Å². The highest BCUT2D eigenvalue weighted by atomic mass is 127. The van der Waals surface area contributed by atoms with E-state index in [1.165, 1.54) is 82.6 Å². The molecular weight excluding hydrogens is 434 g/mol. The molecule has 0 saturated carbocycles. The molecule has 0 bridgehead atoms. The van der Waals surface area contributed by atoms with E-state index in [2.05, 4.69) is 60.3 Å². The molecule has 0 spiro atoms. The molecular formula is C23H42IP. The average molecular weight is 476 g/mol. The van der Waals surface area contributed by atoms with Gasteiger partial charge in [0, 0.05) is 0 Å². The maximum atomic E-state index is 3.09. The largest absolute Gasteiger partial charge is 0.131 e. The number of rotatable bonds is 14. The summed E-state index contributed by atoms with van der Waals surface area (Å²) >= 11 is 0. The summed E-state index contributed by atoms with van der Waals surface area (Å²) < 4.78 is 0. The van der Waals surface area contributed by atoms with Gasteiger partial charge in [-0.25, -0.2) is 0 Å². The Morgan fingerprint density at radius 2 is 1.28 bits per heavy atom. The van der Waals surface area contributed by atoms with Crippen LogP contribution in [0.1, 0.15) is 97.0 Å². The zero-order valence-electron chi connectivity index (χ0n) is 16.9. The summed E-state index contributed by atoms with van der Waals surface area (Å²) in [5, 5.41) is 0.328. The molecule has 0 aliphatic carbocycles. The number of unbranched alkanes of at least 4 members (excludes halogenated alkanes) is 9. The third kappa shape index (κ3) is 13.2. The minimum Gasteiger partial charge on any atom is -0.131 e. The lowest BCUT2D eigenvalue weighted by molar-refractivity contribution is 0.373. The molecule has 0 radical (unpaired) electrons. The minimum absolute atomic E-state index is 0. The molecule has 1 rings (SSSR count). The van der Waals surface area contributed by atoms with E-state index in [-0.39, 0.29) is 24.0 Å². The van der Waals surface area contributed by atoms with Crippen molar-refractivity contribution in [2.45, 2.75) is 103 Å². The SMILES string of the molecule is CCCCCCCCCCCCC(Cc1ccccc1)C(C)(C)P.I. The second kappa shape index (κ2) is 15.4. The quantitative estimate of drug-likeness (QED) is 0.144. The van der Waals surface area contributed by atoms with Crippen LogP contribution < -0.4 is 0 Å². The molecule has 0 fully saturated rings. The van der Waals surface area contributed by atoms with Gasteiger partial charge in [0.25, 0.3) is 0 Å². The Labute approximate surface area is 177 Å². The topological polar surface area (TPSA) is 0 Å². The molecule has 0 aromatic heterocycles. The Morgan fingerprint density at radius 1 is 0.800 bits per heavy atom. The van der Waals surface area contributed by atoms with Crippen molar-refractivity contribution in [2.24, 2.45) is 5.92 Å². The maximum Gasteiger partial charge on any atom is -0.0175 e. The van der Waals surface area contributed by atoms with E-state index in [9.17, 15) is 0 Å². The van der Waals surface area contributed by atoms with E-state index in [1.807, 2.05) is 0 Å². The van der Waals surface area contributed by atoms with Crippen molar-refractivity contribution in [2.75, 3.05) is 0 Å². The van der Waals surface area contributed by atoms with E-state index in [4.69, 9.17) is 0 Å². The van der Waals surface area contributed by atoms with Crippen LogP contribution in [0.25, 0.3) is 0 Å². The van der Waals surface area contributed by atoms with Crippen molar-refractivity contribution in [3.05, 3.63) is 35.9 Å². The van der Waals surface area contributed by atoms with Crippen molar-refractivity contribution in [3.8, 4) is 0 Å². The first kappa shape index (κ1) is 25.4. The van der Waals surface area contributed by atoms with Crippen LogP contribution in [0.3, 0.4) is 0 Å². The van der Waals surface area contributed by atoms with Gasteiger partial charge in [0.05, 0.1) is 0 Å². The van der Waals surface area contributed by atoms with Crippen LogP contribution in [0.15, 0.2) is 30.3 Å². The highest BCUT2D eigenvalue weighted by Crippen LogP contribution is 2.33. The predicted molar refractivity (Wildman–Crippen MR) is 129 cm³/mol. The second-order valence-electron chi connectivity index (χ2n) is 8.18. The summed E-state index contributed by atoms with van der Waals surface area (Å²) in [7, 11) is 3.09. The first-order valence-electron chi connectivity index (χ1n) is 10.4. The summed E-state index contributed by atoms with van der Waals surface area (Å²) in [4.78, 5) is 0. The zero-order chi connectivity index (χ0) is 17.7. The van der Waals surface area contributed by atoms with Gasteiger partial charge in [-0.15, -0.1) is 33.2 Å². The summed E-state index contributed by atoms with van der Waals surface area (Å²) in [5.41, 5.74) is 1.49. The van der Waals surface area contributed by atoms with Gasteiger partial charge in [0.15, 0.2) is 0 Å². The van der Waals surface area contributed by atoms with E-state index >= 15 is 0 Å². The fourth-order valence-corrected chi connectivity index (χ4v) is 3.80. The molecule has 0 N–H and O–H groups in total. The molecule has 0 aliphatic rings. The van der Waals surface area contributed by atoms with Crippen molar-refractivity contribution >= 4 is 33.2 Å². The molecule has 2 heteroatoms. The Hall–Kier alpha value is 0.380. The molecule has 146 valence electrons. The second-order valence-corrected chi connectivity index (χ2v) is 9.67. The lowest BCUT2D eigenvalue weighted by atomic mass is 9.84. The molecule has 0 heterocycles. The van der Waals surface area contributed by atoms with E-state index in [0.29, 0.717) is 5.16 Å². The highest BCUT2D eigenvalue weighted by Gasteiger charge is 2.24. The summed E-state index contributed by atoms with van der Waals surface area (Å²) in [5.74, 6) is 0.763. The van der Waals surface area contributed by atoms with Gasteiger partial charge in [0.1, 0.15) is 0 Å². The molecule has 1 aromatic rings. The Bertz CT molecular complexity index is 396. The van der Waals surface area contributed by atoms with Crippen LogP contribution in [-0.4, -0.2) is 5.16 Å². The molecule has 25 heavy (non-hydrogen) atoms. The third-order valence-corrected chi connectivity index (χ3v) is 5.75. The molecule has 0 amide bonds. The van der Waals surface area contributed by atoms with Crippen molar-refractivity contribution in [1.29, 1.82) is 0 Å². The maximum absolute atomic E-state index is 3.09. The summed E-state index contributed by atoms with van der Waals surface area (Å²) in [6.45, 7) is 7.05. The highest BCUT2D eigenvalue weighted by molar-refractivity contribution is 14.0. The monoisotopic (exact) mass is 476 g/mol. The third-order valence-electron chi connectivity index (χ3n) is 5.28. The number of benzene rings is 1. The van der Waals surface area contributed by atoms with Crippen molar-refractivity contribution < 1.29 is 0 Å². The Balaban J connectivity index is 0.00000576. The van der Waals surface area contributed by atoms with E-state index in [0.717, 1.165) is 5.92 Å². The van der Waals surface area contributed by atoms with Crippen LogP contribution in [0.4, 0.5) is 0 Å². The lowest BCUT2D eigenvalue weighted by Gasteiger charge is -2.31. The number of hydrogen-bond acceptors (Lipinski definition) is 0. The van der Waals surface area contributed by atoms with Gasteiger partial charge in [-0.2, -0.15) is 0 Å². The fraction of sp³-hybridized carbons (Fsp3) is 0.739. The van der Waals surface area contributed by atoms with Crippen LogP contribution in [0.2, 0.25) is 0 Å². The van der Waals surface area contributed by atoms with Gasteiger partial charge in [-0.1, -0.05) is 115 Å². The van der Waals surface area contributed by atoms with Gasteiger partial charge in [-0.3, -0.25) is 0 Å². The van der Waals surface area contributed by atoms with E-state index in [1.54, 1.807) is 0 Å². The summed E-state index contributed by atoms with van der Waals surface area (Å²) in [6, 6.07) is 11.0. The van der Waals surface area contributed by atoms with Crippen LogP contribution >= 0.6 is 33.2 Å². The first-order chi connectivity index (χ1) is 11.5. The molecule has 2 unspecified atom stereocenters. The zero-order valence-corrected chi connectivity index (χ0v) is 20.4. The minimum atomic E-state index is 0. The van der Waals surface area contributed by atoms with Gasteiger partial charge < -0.3 is 0 Å². The van der Waals surface area contributed by atoms with Crippen LogP contribution in [-0.2, 0) is 6.42 Å². The molecule has 1 aromatic carbocycles. The standard InChI is InChI=1S/C23H41P.HI/c1-4-5-6-7-8-9-10-11-12-16-19-22(23(2,3)24)20-21-17-14-13-15-18-21;/h13-15,17-18,22H,4-12,16,19-20,24H2,1-3H3;1H. The predicted octanol–water partition coefficient (Wildman–Crippen LogP) is 8.43. The normalized spacial score (nSPS) is 12.6. The van der Waals surface area contributed by atoms with Gasteiger partial charge in [-0.05, 0) is 29.5 Å². The number of hydrogen-bond donors (Lipinski definition) is 0. The average Bonchev–Trinajstić information content (AvgIpc) is 2.55. The molecule has 0 nitrogen and oxygen atoms in total. The first-order valence-corrected chi connectivity index (χ1v) is 10.9. The number of halogens is 1. The van der Waals surface area contributed by atoms with Gasteiger partial charge >= 0.3 is 0 Å². The van der Waals surface area contributed by atoms with E-state index < -0.39 is 0 Å². The Kier molecular flexibility index (Phi) is 15.7. The fourth-order valence-electron chi connectivity index (χ4n) is 3.51.